The van der Waals surface area contributed by atoms with Gasteiger partial charge in [-0.1, -0.05) is 39.7 Å². The summed E-state index contributed by atoms with van der Waals surface area (Å²) < 4.78 is 11.8. The maximum atomic E-state index is 14.1. The van der Waals surface area contributed by atoms with Crippen molar-refractivity contribution in [2.24, 2.45) is 11.8 Å². The van der Waals surface area contributed by atoms with Crippen molar-refractivity contribution < 1.29 is 29.0 Å². The van der Waals surface area contributed by atoms with Gasteiger partial charge >= 0.3 is 5.97 Å². The van der Waals surface area contributed by atoms with E-state index in [0.717, 1.165) is 0 Å². The zero-order valence-electron chi connectivity index (χ0n) is 19.1. The molecule has 8 nitrogen and oxygen atoms in total. The van der Waals surface area contributed by atoms with Crippen LogP contribution in [0.3, 0.4) is 0 Å². The van der Waals surface area contributed by atoms with Crippen LogP contribution >= 0.6 is 27.5 Å². The third-order valence-electron chi connectivity index (χ3n) is 6.92. The normalized spacial score (nSPS) is 30.8. The summed E-state index contributed by atoms with van der Waals surface area (Å²) in [6.07, 6.45) is 3.49. The van der Waals surface area contributed by atoms with Crippen molar-refractivity contribution in [3.8, 4) is 0 Å². The molecule has 1 spiro atoms. The zero-order chi connectivity index (χ0) is 25.3. The van der Waals surface area contributed by atoms with E-state index in [1.165, 1.54) is 9.80 Å². The molecule has 4 rings (SSSR count). The van der Waals surface area contributed by atoms with Crippen LogP contribution in [0, 0.1) is 11.8 Å². The van der Waals surface area contributed by atoms with Crippen LogP contribution in [0.5, 0.6) is 0 Å². The van der Waals surface area contributed by atoms with E-state index in [0.29, 0.717) is 23.6 Å². The second-order valence-electron chi connectivity index (χ2n) is 8.88. The van der Waals surface area contributed by atoms with Gasteiger partial charge in [-0.2, -0.15) is 0 Å². The SMILES string of the molecule is C=CCCOC(=O)[C@H]1[C@H]2C(=O)N(CCO)C(C(=O)N(CC=C)c3ccc(Cl)cc3)C23CC(Br)[C@@H]1O3. The first-order valence-electron chi connectivity index (χ1n) is 11.5. The second kappa shape index (κ2) is 10.4. The number of amides is 2. The lowest BCUT2D eigenvalue weighted by Crippen LogP contribution is -2.57. The summed E-state index contributed by atoms with van der Waals surface area (Å²) in [6.45, 7) is 7.34. The summed E-state index contributed by atoms with van der Waals surface area (Å²) in [4.78, 5) is 43.5. The largest absolute Gasteiger partial charge is 0.465 e. The number of hydrogen-bond acceptors (Lipinski definition) is 6. The number of anilines is 1. The predicted molar refractivity (Wildman–Crippen MR) is 134 cm³/mol. The quantitative estimate of drug-likeness (QED) is 0.202. The smallest absolute Gasteiger partial charge is 0.312 e. The Bertz CT molecular complexity index is 1020. The number of hydrogen-bond donors (Lipinski definition) is 1. The number of halogens is 2. The van der Waals surface area contributed by atoms with E-state index < -0.39 is 35.6 Å². The van der Waals surface area contributed by atoms with E-state index >= 15 is 0 Å². The van der Waals surface area contributed by atoms with Crippen LogP contribution in [0.4, 0.5) is 5.69 Å². The van der Waals surface area contributed by atoms with Crippen LogP contribution in [0.1, 0.15) is 12.8 Å². The maximum Gasteiger partial charge on any atom is 0.312 e. The van der Waals surface area contributed by atoms with Gasteiger partial charge in [-0.15, -0.1) is 13.2 Å². The molecule has 35 heavy (non-hydrogen) atoms. The van der Waals surface area contributed by atoms with E-state index in [-0.39, 0.29) is 42.9 Å². The second-order valence-corrected chi connectivity index (χ2v) is 10.5. The van der Waals surface area contributed by atoms with Gasteiger partial charge in [0, 0.05) is 28.6 Å². The lowest BCUT2D eigenvalue weighted by molar-refractivity contribution is -0.154. The molecule has 188 valence electrons. The average Bonchev–Trinajstić information content (AvgIpc) is 3.42. The Hall–Kier alpha value is -2.20. The van der Waals surface area contributed by atoms with E-state index in [2.05, 4.69) is 29.1 Å². The molecule has 2 bridgehead atoms. The highest BCUT2D eigenvalue weighted by atomic mass is 79.9. The van der Waals surface area contributed by atoms with E-state index in [1.807, 2.05) is 0 Å². The molecule has 3 heterocycles. The number of fused-ring (bicyclic) bond motifs is 1. The molecular weight excluding hydrogens is 540 g/mol. The highest BCUT2D eigenvalue weighted by Crippen LogP contribution is 2.60. The average molecular weight is 568 g/mol. The number of aliphatic hydroxyl groups excluding tert-OH is 1. The lowest BCUT2D eigenvalue weighted by atomic mass is 9.70. The van der Waals surface area contributed by atoms with Crippen LogP contribution in [0.25, 0.3) is 0 Å². The van der Waals surface area contributed by atoms with Gasteiger partial charge in [-0.3, -0.25) is 14.4 Å². The molecule has 2 amide bonds. The minimum absolute atomic E-state index is 0.0603. The van der Waals surface area contributed by atoms with Gasteiger partial charge in [0.05, 0.1) is 31.2 Å². The number of carbonyl (C=O) groups excluding carboxylic acids is 3. The van der Waals surface area contributed by atoms with Crippen molar-refractivity contribution in [2.45, 2.75) is 35.4 Å². The van der Waals surface area contributed by atoms with Gasteiger partial charge in [-0.25, -0.2) is 0 Å². The molecule has 3 saturated heterocycles. The number of nitrogens with zero attached hydrogens (tertiary/aromatic N) is 2. The number of β-amino-alcohol motifs (C(OH)–C–C–N with tert-alkyl or cyclic N) is 1. The Labute approximate surface area is 217 Å². The highest BCUT2D eigenvalue weighted by molar-refractivity contribution is 9.09. The standard InChI is InChI=1S/C25H28BrClN2O6/c1-3-5-13-34-24(33)18-19-22(31)29(11-12-30)21(25(19)14-17(26)20(18)35-25)23(32)28(10-4-2)16-8-6-15(27)7-9-16/h3-4,6-9,17-21,30H,1-2,5,10-14H2/t17?,18-,19-,20-,21?,25?/m0/s1. The molecule has 0 aliphatic carbocycles. The summed E-state index contributed by atoms with van der Waals surface area (Å²) in [7, 11) is 0. The first kappa shape index (κ1) is 25.9. The Balaban J connectivity index is 1.73. The lowest BCUT2D eigenvalue weighted by Gasteiger charge is -2.37. The number of benzene rings is 1. The minimum Gasteiger partial charge on any atom is -0.465 e. The first-order valence-corrected chi connectivity index (χ1v) is 12.8. The van der Waals surface area contributed by atoms with Crippen molar-refractivity contribution in [3.63, 3.8) is 0 Å². The van der Waals surface area contributed by atoms with Gasteiger partial charge < -0.3 is 24.4 Å². The van der Waals surface area contributed by atoms with Crippen molar-refractivity contribution in [3.05, 3.63) is 54.6 Å². The summed E-state index contributed by atoms with van der Waals surface area (Å²) in [6, 6.07) is 5.75. The molecular formula is C25H28BrClN2O6. The molecule has 3 fully saturated rings. The summed E-state index contributed by atoms with van der Waals surface area (Å²) in [5.41, 5.74) is -0.644. The van der Waals surface area contributed by atoms with Gasteiger partial charge in [-0.05, 0) is 37.1 Å². The van der Waals surface area contributed by atoms with Gasteiger partial charge in [0.25, 0.3) is 5.91 Å². The monoisotopic (exact) mass is 566 g/mol. The fraction of sp³-hybridized carbons (Fsp3) is 0.480. The van der Waals surface area contributed by atoms with Crippen molar-refractivity contribution in [1.82, 2.24) is 4.90 Å². The van der Waals surface area contributed by atoms with Gasteiger partial charge in [0.15, 0.2) is 0 Å². The van der Waals surface area contributed by atoms with E-state index in [1.54, 1.807) is 36.4 Å². The number of likely N-dealkylation sites (tertiary alicyclic amines) is 1. The van der Waals surface area contributed by atoms with Crippen molar-refractivity contribution in [1.29, 1.82) is 0 Å². The van der Waals surface area contributed by atoms with Crippen LogP contribution < -0.4 is 4.90 Å². The first-order chi connectivity index (χ1) is 16.8. The number of aliphatic hydroxyl groups is 1. The molecule has 1 aromatic rings. The summed E-state index contributed by atoms with van der Waals surface area (Å²) >= 11 is 9.64. The van der Waals surface area contributed by atoms with Crippen LogP contribution in [-0.4, -0.2) is 76.7 Å². The third-order valence-corrected chi connectivity index (χ3v) is 8.02. The van der Waals surface area contributed by atoms with Crippen LogP contribution in [0.2, 0.25) is 5.02 Å². The van der Waals surface area contributed by atoms with Crippen molar-refractivity contribution in [2.75, 3.05) is 31.2 Å². The molecule has 0 aromatic heterocycles. The van der Waals surface area contributed by atoms with Gasteiger partial charge in [0.2, 0.25) is 5.91 Å². The molecule has 10 heteroatoms. The third kappa shape index (κ3) is 4.33. The molecule has 0 saturated carbocycles. The minimum atomic E-state index is -1.23. The molecule has 3 unspecified atom stereocenters. The van der Waals surface area contributed by atoms with Crippen molar-refractivity contribution >= 4 is 51.0 Å². The maximum absolute atomic E-state index is 14.1. The summed E-state index contributed by atoms with van der Waals surface area (Å²) in [5, 5.41) is 10.3. The fourth-order valence-electron chi connectivity index (χ4n) is 5.59. The molecule has 3 aliphatic heterocycles. The molecule has 1 aromatic carbocycles. The Morgan fingerprint density at radius 3 is 2.66 bits per heavy atom. The molecule has 1 N–H and O–H groups in total. The van der Waals surface area contributed by atoms with E-state index in [9.17, 15) is 19.5 Å². The van der Waals surface area contributed by atoms with Crippen LogP contribution in [0.15, 0.2) is 49.6 Å². The predicted octanol–water partition coefficient (Wildman–Crippen LogP) is 2.72. The Morgan fingerprint density at radius 1 is 1.31 bits per heavy atom. The number of rotatable bonds is 10. The Kier molecular flexibility index (Phi) is 7.71. The number of esters is 1. The molecule has 0 radical (unpaired) electrons. The van der Waals surface area contributed by atoms with Crippen LogP contribution in [-0.2, 0) is 23.9 Å². The zero-order valence-corrected chi connectivity index (χ0v) is 21.5. The topological polar surface area (TPSA) is 96.4 Å². The highest BCUT2D eigenvalue weighted by Gasteiger charge is 2.77. The number of ether oxygens (including phenoxy) is 2. The fourth-order valence-corrected chi connectivity index (χ4v) is 6.65. The number of alkyl halides is 1. The molecule has 3 aliphatic rings. The number of carbonyl (C=O) groups is 3. The summed E-state index contributed by atoms with van der Waals surface area (Å²) in [5.74, 6) is -3.03. The Morgan fingerprint density at radius 2 is 2.03 bits per heavy atom. The molecule has 6 atom stereocenters. The van der Waals surface area contributed by atoms with E-state index in [4.69, 9.17) is 21.1 Å². The van der Waals surface area contributed by atoms with Gasteiger partial charge in [0.1, 0.15) is 11.6 Å².